The number of alkyl halides is 3. The molecule has 2 aromatic rings. The molecule has 1 heterocycles. The van der Waals surface area contributed by atoms with E-state index in [2.05, 4.69) is 34.0 Å². The van der Waals surface area contributed by atoms with Crippen molar-refractivity contribution in [1.29, 1.82) is 0 Å². The second-order valence-corrected chi connectivity index (χ2v) is 7.62. The Morgan fingerprint density at radius 1 is 1.20 bits per heavy atom. The van der Waals surface area contributed by atoms with Gasteiger partial charge in [0, 0.05) is 25.0 Å². The fourth-order valence-electron chi connectivity index (χ4n) is 2.62. The summed E-state index contributed by atoms with van der Waals surface area (Å²) in [4.78, 5) is 5.55. The number of aliphatic imine (C=N–C) groups is 1. The quantitative estimate of drug-likeness (QED) is 0.263. The number of benzene rings is 1. The molecule has 1 aromatic heterocycles. The lowest BCUT2D eigenvalue weighted by Crippen LogP contribution is -2.39. The van der Waals surface area contributed by atoms with Gasteiger partial charge in [-0.15, -0.1) is 35.3 Å². The maximum absolute atomic E-state index is 12.3. The summed E-state index contributed by atoms with van der Waals surface area (Å²) in [7, 11) is 3.08. The number of nitrogens with one attached hydrogen (secondary N) is 2. The average molecular weight is 557 g/mol. The number of thiophene rings is 1. The predicted octanol–water partition coefficient (Wildman–Crippen LogP) is 4.86. The second-order valence-electron chi connectivity index (χ2n) is 6.58. The molecule has 2 rings (SSSR count). The van der Waals surface area contributed by atoms with Crippen LogP contribution in [-0.2, 0) is 13.0 Å². The van der Waals surface area contributed by atoms with Crippen molar-refractivity contribution in [1.82, 2.24) is 10.6 Å². The first-order valence-electron chi connectivity index (χ1n) is 9.14. The molecule has 0 spiro atoms. The molecule has 0 radical (unpaired) electrons. The smallest absolute Gasteiger partial charge is 0.422 e. The van der Waals surface area contributed by atoms with E-state index in [1.807, 2.05) is 6.07 Å². The van der Waals surface area contributed by atoms with Gasteiger partial charge in [-0.2, -0.15) is 13.2 Å². The monoisotopic (exact) mass is 557 g/mol. The summed E-state index contributed by atoms with van der Waals surface area (Å²) >= 11 is 1.75. The van der Waals surface area contributed by atoms with Crippen molar-refractivity contribution in [2.75, 3.05) is 27.3 Å². The lowest BCUT2D eigenvalue weighted by Gasteiger charge is -2.17. The van der Waals surface area contributed by atoms with Crippen LogP contribution in [0, 0.1) is 5.92 Å². The number of rotatable bonds is 9. The highest BCUT2D eigenvalue weighted by Gasteiger charge is 2.29. The van der Waals surface area contributed by atoms with Crippen LogP contribution in [0.1, 0.15) is 17.4 Å². The SMILES string of the molecule is CN=C(NCc1ccc(OCC(F)(F)F)c(OC)c1)NCC(C)Cc1cccs1.I. The molecule has 30 heavy (non-hydrogen) atoms. The van der Waals surface area contributed by atoms with Gasteiger partial charge < -0.3 is 20.1 Å². The molecular weight excluding hydrogens is 530 g/mol. The highest BCUT2D eigenvalue weighted by Crippen LogP contribution is 2.29. The van der Waals surface area contributed by atoms with Gasteiger partial charge in [0.05, 0.1) is 7.11 Å². The van der Waals surface area contributed by atoms with Crippen molar-refractivity contribution < 1.29 is 22.6 Å². The maximum atomic E-state index is 12.3. The van der Waals surface area contributed by atoms with Gasteiger partial charge in [0.2, 0.25) is 0 Å². The molecular formula is C20H27F3IN3O2S. The average Bonchev–Trinajstić information content (AvgIpc) is 3.19. The fraction of sp³-hybridized carbons (Fsp3) is 0.450. The minimum atomic E-state index is -4.40. The Hall–Kier alpha value is -1.69. The Morgan fingerprint density at radius 3 is 2.57 bits per heavy atom. The summed E-state index contributed by atoms with van der Waals surface area (Å²) in [6.45, 7) is 2.02. The van der Waals surface area contributed by atoms with Crippen molar-refractivity contribution in [2.24, 2.45) is 10.9 Å². The van der Waals surface area contributed by atoms with E-state index in [1.165, 1.54) is 18.1 Å². The van der Waals surface area contributed by atoms with Crippen molar-refractivity contribution in [3.8, 4) is 11.5 Å². The zero-order chi connectivity index (χ0) is 21.3. The molecule has 0 bridgehead atoms. The van der Waals surface area contributed by atoms with Crippen molar-refractivity contribution in [2.45, 2.75) is 26.1 Å². The highest BCUT2D eigenvalue weighted by atomic mass is 127. The summed E-state index contributed by atoms with van der Waals surface area (Å²) < 4.78 is 47.0. The third-order valence-electron chi connectivity index (χ3n) is 4.05. The Kier molecular flexibility index (Phi) is 11.3. The van der Waals surface area contributed by atoms with Crippen molar-refractivity contribution in [3.63, 3.8) is 0 Å². The molecule has 0 aliphatic carbocycles. The number of methoxy groups -OCH3 is 1. The van der Waals surface area contributed by atoms with Crippen LogP contribution >= 0.6 is 35.3 Å². The van der Waals surface area contributed by atoms with Gasteiger partial charge in [-0.1, -0.05) is 19.1 Å². The summed E-state index contributed by atoms with van der Waals surface area (Å²) in [6.07, 6.45) is -3.40. The summed E-state index contributed by atoms with van der Waals surface area (Å²) in [6, 6.07) is 8.98. The summed E-state index contributed by atoms with van der Waals surface area (Å²) in [5.74, 6) is 1.40. The molecule has 0 amide bonds. The molecule has 10 heteroatoms. The van der Waals surface area contributed by atoms with Crippen molar-refractivity contribution in [3.05, 3.63) is 46.2 Å². The van der Waals surface area contributed by atoms with E-state index in [0.717, 1.165) is 18.5 Å². The molecule has 1 unspecified atom stereocenters. The molecule has 1 aromatic carbocycles. The van der Waals surface area contributed by atoms with Crippen LogP contribution in [0.4, 0.5) is 13.2 Å². The number of hydrogen-bond donors (Lipinski definition) is 2. The van der Waals surface area contributed by atoms with Crippen molar-refractivity contribution >= 4 is 41.3 Å². The third-order valence-corrected chi connectivity index (χ3v) is 4.95. The lowest BCUT2D eigenvalue weighted by molar-refractivity contribution is -0.153. The van der Waals surface area contributed by atoms with Crippen LogP contribution in [0.15, 0.2) is 40.7 Å². The fourth-order valence-corrected chi connectivity index (χ4v) is 3.49. The third kappa shape index (κ3) is 9.41. The van der Waals surface area contributed by atoms with E-state index in [-0.39, 0.29) is 35.5 Å². The Morgan fingerprint density at radius 2 is 1.97 bits per heavy atom. The standard InChI is InChI=1S/C20H26F3N3O2S.HI/c1-14(9-16-5-4-8-29-16)11-25-19(24-2)26-12-15-6-7-17(18(10-15)27-3)28-13-20(21,22)23;/h4-8,10,14H,9,11-13H2,1-3H3,(H2,24,25,26);1H. The Balaban J connectivity index is 0.00000450. The summed E-state index contributed by atoms with van der Waals surface area (Å²) in [5.41, 5.74) is 0.829. The molecule has 0 aliphatic heterocycles. The number of nitrogens with zero attached hydrogens (tertiary/aromatic N) is 1. The minimum absolute atomic E-state index is 0. The van der Waals surface area contributed by atoms with Crippen LogP contribution < -0.4 is 20.1 Å². The molecule has 168 valence electrons. The van der Waals surface area contributed by atoms with E-state index in [0.29, 0.717) is 18.4 Å². The van der Waals surface area contributed by atoms with E-state index in [4.69, 9.17) is 9.47 Å². The summed E-state index contributed by atoms with van der Waals surface area (Å²) in [5, 5.41) is 8.56. The molecule has 0 fully saturated rings. The molecule has 0 saturated heterocycles. The normalized spacial score (nSPS) is 12.7. The lowest BCUT2D eigenvalue weighted by atomic mass is 10.1. The van der Waals surface area contributed by atoms with Gasteiger partial charge in [0.1, 0.15) is 0 Å². The Bertz CT molecular complexity index is 786. The van der Waals surface area contributed by atoms with Gasteiger partial charge in [0.25, 0.3) is 0 Å². The molecule has 0 aliphatic rings. The predicted molar refractivity (Wildman–Crippen MR) is 125 cm³/mol. The molecule has 5 nitrogen and oxygen atoms in total. The molecule has 2 N–H and O–H groups in total. The zero-order valence-corrected chi connectivity index (χ0v) is 20.2. The van der Waals surface area contributed by atoms with Crippen LogP contribution in [-0.4, -0.2) is 39.4 Å². The first kappa shape index (κ1) is 26.3. The maximum Gasteiger partial charge on any atom is 0.422 e. The largest absolute Gasteiger partial charge is 0.493 e. The highest BCUT2D eigenvalue weighted by molar-refractivity contribution is 14.0. The molecule has 1 atom stereocenters. The number of guanidine groups is 1. The van der Waals surface area contributed by atoms with E-state index in [9.17, 15) is 13.2 Å². The van der Waals surface area contributed by atoms with Crippen LogP contribution in [0.25, 0.3) is 0 Å². The van der Waals surface area contributed by atoms with Crippen LogP contribution in [0.5, 0.6) is 11.5 Å². The Labute approximate surface area is 196 Å². The van der Waals surface area contributed by atoms with E-state index >= 15 is 0 Å². The van der Waals surface area contributed by atoms with E-state index in [1.54, 1.807) is 30.5 Å². The first-order valence-corrected chi connectivity index (χ1v) is 10.0. The van der Waals surface area contributed by atoms with Gasteiger partial charge in [-0.25, -0.2) is 0 Å². The number of halogens is 4. The van der Waals surface area contributed by atoms with Gasteiger partial charge in [-0.05, 0) is 41.5 Å². The number of ether oxygens (including phenoxy) is 2. The topological polar surface area (TPSA) is 54.9 Å². The van der Waals surface area contributed by atoms with Crippen LogP contribution in [0.2, 0.25) is 0 Å². The van der Waals surface area contributed by atoms with E-state index < -0.39 is 12.8 Å². The van der Waals surface area contributed by atoms with Gasteiger partial charge in [-0.3, -0.25) is 4.99 Å². The van der Waals surface area contributed by atoms with Crippen LogP contribution in [0.3, 0.4) is 0 Å². The molecule has 0 saturated carbocycles. The number of hydrogen-bond acceptors (Lipinski definition) is 4. The first-order chi connectivity index (χ1) is 13.8. The second kappa shape index (κ2) is 12.9. The minimum Gasteiger partial charge on any atom is -0.493 e. The zero-order valence-electron chi connectivity index (χ0n) is 17.1. The van der Waals surface area contributed by atoms with Gasteiger partial charge in [0.15, 0.2) is 24.1 Å². The van der Waals surface area contributed by atoms with Gasteiger partial charge >= 0.3 is 6.18 Å².